The third-order valence-electron chi connectivity index (χ3n) is 2.81. The largest absolute Gasteiger partial charge is 0.363 e. The summed E-state index contributed by atoms with van der Waals surface area (Å²) in [5, 5.41) is 18.1. The molecule has 0 aliphatic heterocycles. The van der Waals surface area contributed by atoms with Gasteiger partial charge >= 0.3 is 5.69 Å². The first-order chi connectivity index (χ1) is 9.20. The Morgan fingerprint density at radius 3 is 2.74 bits per heavy atom. The Labute approximate surface area is 111 Å². The van der Waals surface area contributed by atoms with Crippen molar-refractivity contribution >= 4 is 11.5 Å². The number of nitro groups is 1. The van der Waals surface area contributed by atoms with Crippen LogP contribution < -0.4 is 5.32 Å². The van der Waals surface area contributed by atoms with E-state index in [-0.39, 0.29) is 5.69 Å². The summed E-state index contributed by atoms with van der Waals surface area (Å²) in [5.74, 6) is 0.336. The monoisotopic (exact) mass is 260 g/mol. The topological polar surface area (TPSA) is 73.0 Å². The third-order valence-corrected chi connectivity index (χ3v) is 2.81. The number of aromatic nitrogens is 2. The van der Waals surface area contributed by atoms with E-state index < -0.39 is 4.92 Å². The molecule has 2 rings (SSSR count). The first-order valence-corrected chi connectivity index (χ1v) is 6.20. The van der Waals surface area contributed by atoms with E-state index in [0.717, 1.165) is 6.42 Å². The Bertz CT molecular complexity index is 551. The van der Waals surface area contributed by atoms with E-state index in [1.807, 2.05) is 37.3 Å². The van der Waals surface area contributed by atoms with Gasteiger partial charge in [0.05, 0.1) is 4.92 Å². The second kappa shape index (κ2) is 5.99. The molecule has 0 spiro atoms. The predicted molar refractivity (Wildman–Crippen MR) is 73.2 cm³/mol. The van der Waals surface area contributed by atoms with Crippen LogP contribution in [-0.4, -0.2) is 21.2 Å². The number of hydrogen-bond acceptors (Lipinski definition) is 4. The molecule has 1 N–H and O–H groups in total. The predicted octanol–water partition coefficient (Wildman–Crippen LogP) is 2.47. The van der Waals surface area contributed by atoms with Crippen molar-refractivity contribution in [1.29, 1.82) is 0 Å². The Balaban J connectivity index is 1.99. The highest BCUT2D eigenvalue weighted by molar-refractivity contribution is 5.54. The maximum Gasteiger partial charge on any atom is 0.330 e. The van der Waals surface area contributed by atoms with E-state index in [1.165, 1.54) is 11.8 Å². The van der Waals surface area contributed by atoms with Crippen molar-refractivity contribution in [3.8, 4) is 0 Å². The molecule has 1 heterocycles. The van der Waals surface area contributed by atoms with Crippen LogP contribution in [0.25, 0.3) is 0 Å². The van der Waals surface area contributed by atoms with E-state index in [1.54, 1.807) is 4.68 Å². The minimum absolute atomic E-state index is 0.0231. The lowest BCUT2D eigenvalue weighted by molar-refractivity contribution is -0.384. The number of nitrogens with one attached hydrogen (secondary N) is 1. The van der Waals surface area contributed by atoms with Gasteiger partial charge in [-0.15, -0.1) is 5.10 Å². The molecule has 2 aromatic rings. The van der Waals surface area contributed by atoms with Crippen molar-refractivity contribution in [2.75, 3.05) is 11.9 Å². The zero-order valence-corrected chi connectivity index (χ0v) is 10.7. The molecule has 100 valence electrons. The van der Waals surface area contributed by atoms with Crippen LogP contribution in [0.1, 0.15) is 12.5 Å². The SMILES string of the molecule is CCn1cc([N+](=O)[O-])c(NCCc2ccccc2)n1. The van der Waals surface area contributed by atoms with Gasteiger partial charge in [0.25, 0.3) is 0 Å². The molecule has 0 radical (unpaired) electrons. The Hall–Kier alpha value is -2.37. The second-order valence-electron chi connectivity index (χ2n) is 4.14. The van der Waals surface area contributed by atoms with Crippen molar-refractivity contribution in [3.05, 3.63) is 52.2 Å². The first-order valence-electron chi connectivity index (χ1n) is 6.20. The number of nitrogens with zero attached hydrogens (tertiary/aromatic N) is 3. The Morgan fingerprint density at radius 1 is 1.37 bits per heavy atom. The average Bonchev–Trinajstić information content (AvgIpc) is 2.83. The zero-order chi connectivity index (χ0) is 13.7. The molecule has 0 saturated heterocycles. The molecular weight excluding hydrogens is 244 g/mol. The minimum atomic E-state index is -0.413. The van der Waals surface area contributed by atoms with Gasteiger partial charge in [-0.25, -0.2) is 0 Å². The average molecular weight is 260 g/mol. The van der Waals surface area contributed by atoms with E-state index >= 15 is 0 Å². The highest BCUT2D eigenvalue weighted by Crippen LogP contribution is 2.21. The van der Waals surface area contributed by atoms with Crippen molar-refractivity contribution in [3.63, 3.8) is 0 Å². The van der Waals surface area contributed by atoms with E-state index in [4.69, 9.17) is 0 Å². The molecule has 0 aliphatic carbocycles. The lowest BCUT2D eigenvalue weighted by atomic mass is 10.1. The van der Waals surface area contributed by atoms with Crippen LogP contribution >= 0.6 is 0 Å². The molecule has 0 bridgehead atoms. The maximum absolute atomic E-state index is 10.9. The van der Waals surface area contributed by atoms with Crippen LogP contribution in [-0.2, 0) is 13.0 Å². The van der Waals surface area contributed by atoms with Crippen LogP contribution in [0.4, 0.5) is 11.5 Å². The molecule has 0 aliphatic rings. The minimum Gasteiger partial charge on any atom is -0.363 e. The summed E-state index contributed by atoms with van der Waals surface area (Å²) >= 11 is 0. The summed E-state index contributed by atoms with van der Waals surface area (Å²) in [7, 11) is 0. The summed E-state index contributed by atoms with van der Waals surface area (Å²) in [6.07, 6.45) is 2.25. The molecule has 0 amide bonds. The van der Waals surface area contributed by atoms with Crippen LogP contribution in [0.15, 0.2) is 36.5 Å². The number of aryl methyl sites for hydroxylation is 1. The van der Waals surface area contributed by atoms with Gasteiger partial charge in [-0.3, -0.25) is 14.8 Å². The van der Waals surface area contributed by atoms with Crippen molar-refractivity contribution in [1.82, 2.24) is 9.78 Å². The lowest BCUT2D eigenvalue weighted by Crippen LogP contribution is -2.07. The van der Waals surface area contributed by atoms with Crippen LogP contribution in [0.3, 0.4) is 0 Å². The number of benzene rings is 1. The smallest absolute Gasteiger partial charge is 0.330 e. The second-order valence-corrected chi connectivity index (χ2v) is 4.14. The first kappa shape index (κ1) is 13.1. The van der Waals surface area contributed by atoms with Crippen molar-refractivity contribution in [2.45, 2.75) is 19.9 Å². The van der Waals surface area contributed by atoms with Crippen molar-refractivity contribution in [2.24, 2.45) is 0 Å². The fourth-order valence-corrected chi connectivity index (χ4v) is 1.80. The van der Waals surface area contributed by atoms with Gasteiger partial charge in [-0.05, 0) is 18.9 Å². The van der Waals surface area contributed by atoms with Gasteiger partial charge in [0.2, 0.25) is 5.82 Å². The van der Waals surface area contributed by atoms with Gasteiger partial charge < -0.3 is 5.32 Å². The summed E-state index contributed by atoms with van der Waals surface area (Å²) in [5.41, 5.74) is 1.21. The molecular formula is C13H16N4O2. The number of anilines is 1. The molecule has 19 heavy (non-hydrogen) atoms. The summed E-state index contributed by atoms with van der Waals surface area (Å²) in [4.78, 5) is 10.5. The van der Waals surface area contributed by atoms with Crippen LogP contribution in [0.2, 0.25) is 0 Å². The number of rotatable bonds is 6. The molecule has 0 saturated carbocycles. The Morgan fingerprint density at radius 2 is 2.11 bits per heavy atom. The molecule has 6 heteroatoms. The summed E-state index contributed by atoms with van der Waals surface area (Å²) in [6, 6.07) is 9.97. The highest BCUT2D eigenvalue weighted by atomic mass is 16.6. The fourth-order valence-electron chi connectivity index (χ4n) is 1.80. The zero-order valence-electron chi connectivity index (χ0n) is 10.7. The van der Waals surface area contributed by atoms with Crippen LogP contribution in [0, 0.1) is 10.1 Å². The summed E-state index contributed by atoms with van der Waals surface area (Å²) in [6.45, 7) is 3.12. The van der Waals surface area contributed by atoms with Gasteiger partial charge in [0.15, 0.2) is 0 Å². The summed E-state index contributed by atoms with van der Waals surface area (Å²) < 4.78 is 1.56. The van der Waals surface area contributed by atoms with E-state index in [2.05, 4.69) is 10.4 Å². The Kier molecular flexibility index (Phi) is 4.12. The highest BCUT2D eigenvalue weighted by Gasteiger charge is 2.18. The van der Waals surface area contributed by atoms with Gasteiger partial charge in [-0.2, -0.15) is 0 Å². The molecule has 0 fully saturated rings. The van der Waals surface area contributed by atoms with E-state index in [0.29, 0.717) is 18.9 Å². The molecule has 1 aromatic carbocycles. The number of hydrogen-bond donors (Lipinski definition) is 1. The normalized spacial score (nSPS) is 10.4. The van der Waals surface area contributed by atoms with Gasteiger partial charge in [-0.1, -0.05) is 30.3 Å². The van der Waals surface area contributed by atoms with Gasteiger partial charge in [0, 0.05) is 13.1 Å². The molecule has 0 unspecified atom stereocenters. The molecule has 1 aromatic heterocycles. The third kappa shape index (κ3) is 3.31. The van der Waals surface area contributed by atoms with E-state index in [9.17, 15) is 10.1 Å². The lowest BCUT2D eigenvalue weighted by Gasteiger charge is -2.03. The van der Waals surface area contributed by atoms with Gasteiger partial charge in [0.1, 0.15) is 6.20 Å². The maximum atomic E-state index is 10.9. The van der Waals surface area contributed by atoms with Crippen molar-refractivity contribution < 1.29 is 4.92 Å². The molecule has 0 atom stereocenters. The standard InChI is InChI=1S/C13H16N4O2/c1-2-16-10-12(17(18)19)13(15-16)14-9-8-11-6-4-3-5-7-11/h3-7,10H,2,8-9H2,1H3,(H,14,15). The quantitative estimate of drug-likeness (QED) is 0.639. The van der Waals surface area contributed by atoms with Crippen LogP contribution in [0.5, 0.6) is 0 Å². The fraction of sp³-hybridized carbons (Fsp3) is 0.308. The molecule has 6 nitrogen and oxygen atoms in total.